The normalized spacial score (nSPS) is 25.9. The van der Waals surface area contributed by atoms with Crippen molar-refractivity contribution in [2.24, 2.45) is 5.41 Å². The van der Waals surface area contributed by atoms with Gasteiger partial charge in [0.1, 0.15) is 0 Å². The molecule has 0 radical (unpaired) electrons. The van der Waals surface area contributed by atoms with Crippen LogP contribution in [0.1, 0.15) is 18.2 Å². The van der Waals surface area contributed by atoms with Gasteiger partial charge in [0.25, 0.3) is 0 Å². The zero-order chi connectivity index (χ0) is 10.6. The largest absolute Gasteiger partial charge is 0.381 e. The fourth-order valence-electron chi connectivity index (χ4n) is 2.16. The van der Waals surface area contributed by atoms with Crippen molar-refractivity contribution >= 4 is 11.3 Å². The second-order valence-electron chi connectivity index (χ2n) is 4.34. The zero-order valence-corrected chi connectivity index (χ0v) is 10.1. The van der Waals surface area contributed by atoms with Crippen LogP contribution >= 0.6 is 11.3 Å². The quantitative estimate of drug-likeness (QED) is 0.830. The van der Waals surface area contributed by atoms with Gasteiger partial charge in [-0.1, -0.05) is 13.0 Å². The average molecular weight is 225 g/mol. The molecule has 1 N–H and O–H groups in total. The Kier molecular flexibility index (Phi) is 3.78. The molecule has 1 aliphatic heterocycles. The lowest BCUT2D eigenvalue weighted by atomic mass is 9.83. The molecule has 84 valence electrons. The Morgan fingerprint density at radius 1 is 1.60 bits per heavy atom. The topological polar surface area (TPSA) is 21.3 Å². The Morgan fingerprint density at radius 3 is 3.13 bits per heavy atom. The van der Waals surface area contributed by atoms with E-state index in [1.165, 1.54) is 11.3 Å². The van der Waals surface area contributed by atoms with Crippen molar-refractivity contribution in [2.45, 2.75) is 19.8 Å². The molecule has 0 spiro atoms. The van der Waals surface area contributed by atoms with Crippen LogP contribution in [0, 0.1) is 5.41 Å². The third kappa shape index (κ3) is 2.80. The molecule has 1 fully saturated rings. The Balaban J connectivity index is 1.99. The highest BCUT2D eigenvalue weighted by Gasteiger charge is 2.34. The maximum absolute atomic E-state index is 5.57. The first-order chi connectivity index (χ1) is 7.35. The van der Waals surface area contributed by atoms with Crippen LogP contribution in [-0.2, 0) is 11.2 Å². The summed E-state index contributed by atoms with van der Waals surface area (Å²) in [4.78, 5) is 1.48. The third-order valence-electron chi connectivity index (χ3n) is 3.06. The number of thiophene rings is 1. The summed E-state index contributed by atoms with van der Waals surface area (Å²) >= 11 is 1.86. The van der Waals surface area contributed by atoms with Crippen molar-refractivity contribution in [2.75, 3.05) is 26.3 Å². The summed E-state index contributed by atoms with van der Waals surface area (Å²) in [6.07, 6.45) is 2.36. The lowest BCUT2D eigenvalue weighted by molar-refractivity contribution is 0.150. The van der Waals surface area contributed by atoms with E-state index in [0.29, 0.717) is 5.41 Å². The van der Waals surface area contributed by atoms with Gasteiger partial charge in [0.2, 0.25) is 0 Å². The highest BCUT2D eigenvalue weighted by molar-refractivity contribution is 7.09. The standard InChI is InChI=1S/C12H19NOS/c1-2-13-9-12(5-6-14-10-12)8-11-4-3-7-15-11/h3-4,7,13H,2,5-6,8-10H2,1H3. The minimum atomic E-state index is 0.348. The first-order valence-corrected chi connectivity index (χ1v) is 6.53. The first-order valence-electron chi connectivity index (χ1n) is 5.65. The molecule has 2 nitrogen and oxygen atoms in total. The Labute approximate surface area is 95.6 Å². The van der Waals surface area contributed by atoms with E-state index in [-0.39, 0.29) is 0 Å². The van der Waals surface area contributed by atoms with Crippen LogP contribution in [0.25, 0.3) is 0 Å². The lowest BCUT2D eigenvalue weighted by Crippen LogP contribution is -2.36. The van der Waals surface area contributed by atoms with E-state index in [4.69, 9.17) is 4.74 Å². The summed E-state index contributed by atoms with van der Waals surface area (Å²) in [6, 6.07) is 4.37. The number of hydrogen-bond donors (Lipinski definition) is 1. The Morgan fingerprint density at radius 2 is 2.53 bits per heavy atom. The fourth-order valence-corrected chi connectivity index (χ4v) is 3.04. The van der Waals surface area contributed by atoms with Gasteiger partial charge in [-0.25, -0.2) is 0 Å². The van der Waals surface area contributed by atoms with Crippen LogP contribution in [-0.4, -0.2) is 26.3 Å². The van der Waals surface area contributed by atoms with Crippen molar-refractivity contribution in [3.8, 4) is 0 Å². The maximum Gasteiger partial charge on any atom is 0.0538 e. The van der Waals surface area contributed by atoms with Crippen LogP contribution in [0.3, 0.4) is 0 Å². The van der Waals surface area contributed by atoms with Gasteiger partial charge in [-0.05, 0) is 30.8 Å². The summed E-state index contributed by atoms with van der Waals surface area (Å²) in [7, 11) is 0. The summed E-state index contributed by atoms with van der Waals surface area (Å²) in [6.45, 7) is 6.14. The number of rotatable bonds is 5. The molecule has 0 amide bonds. The van der Waals surface area contributed by atoms with Crippen LogP contribution < -0.4 is 5.32 Å². The van der Waals surface area contributed by atoms with E-state index in [1.807, 2.05) is 11.3 Å². The van der Waals surface area contributed by atoms with Crippen LogP contribution in [0.15, 0.2) is 17.5 Å². The highest BCUT2D eigenvalue weighted by Crippen LogP contribution is 2.33. The molecule has 0 aliphatic carbocycles. The molecule has 1 unspecified atom stereocenters. The van der Waals surface area contributed by atoms with Gasteiger partial charge in [-0.3, -0.25) is 0 Å². The van der Waals surface area contributed by atoms with Crippen molar-refractivity contribution < 1.29 is 4.74 Å². The van der Waals surface area contributed by atoms with E-state index < -0.39 is 0 Å². The molecule has 1 aromatic heterocycles. The molecular weight excluding hydrogens is 206 g/mol. The SMILES string of the molecule is CCNCC1(Cc2cccs2)CCOC1. The van der Waals surface area contributed by atoms with Gasteiger partial charge in [-0.15, -0.1) is 11.3 Å². The van der Waals surface area contributed by atoms with E-state index >= 15 is 0 Å². The average Bonchev–Trinajstić information content (AvgIpc) is 2.88. The number of hydrogen-bond acceptors (Lipinski definition) is 3. The van der Waals surface area contributed by atoms with Crippen molar-refractivity contribution in [3.63, 3.8) is 0 Å². The number of ether oxygens (including phenoxy) is 1. The minimum absolute atomic E-state index is 0.348. The Bertz CT molecular complexity index is 278. The summed E-state index contributed by atoms with van der Waals surface area (Å²) in [5.74, 6) is 0. The predicted molar refractivity (Wildman–Crippen MR) is 64.4 cm³/mol. The van der Waals surface area contributed by atoms with Gasteiger partial charge in [0.15, 0.2) is 0 Å². The predicted octanol–water partition coefficient (Wildman–Crippen LogP) is 2.31. The smallest absolute Gasteiger partial charge is 0.0538 e. The van der Waals surface area contributed by atoms with Gasteiger partial charge in [0.05, 0.1) is 6.61 Å². The van der Waals surface area contributed by atoms with E-state index in [0.717, 1.165) is 32.7 Å². The Hall–Kier alpha value is -0.380. The molecule has 1 aliphatic rings. The molecule has 1 saturated heterocycles. The molecule has 2 rings (SSSR count). The van der Waals surface area contributed by atoms with Gasteiger partial charge < -0.3 is 10.1 Å². The fraction of sp³-hybridized carbons (Fsp3) is 0.667. The minimum Gasteiger partial charge on any atom is -0.381 e. The van der Waals surface area contributed by atoms with E-state index in [9.17, 15) is 0 Å². The first kappa shape index (κ1) is 11.1. The molecule has 0 saturated carbocycles. The zero-order valence-electron chi connectivity index (χ0n) is 9.29. The van der Waals surface area contributed by atoms with Gasteiger partial charge >= 0.3 is 0 Å². The lowest BCUT2D eigenvalue weighted by Gasteiger charge is -2.27. The van der Waals surface area contributed by atoms with Crippen LogP contribution in [0.4, 0.5) is 0 Å². The van der Waals surface area contributed by atoms with Crippen molar-refractivity contribution in [1.82, 2.24) is 5.32 Å². The summed E-state index contributed by atoms with van der Waals surface area (Å²) < 4.78 is 5.57. The maximum atomic E-state index is 5.57. The van der Waals surface area contributed by atoms with Crippen molar-refractivity contribution in [1.29, 1.82) is 0 Å². The third-order valence-corrected chi connectivity index (χ3v) is 3.94. The van der Waals surface area contributed by atoms with Crippen LogP contribution in [0.2, 0.25) is 0 Å². The van der Waals surface area contributed by atoms with Gasteiger partial charge in [-0.2, -0.15) is 0 Å². The molecule has 0 bridgehead atoms. The molecule has 0 aromatic carbocycles. The molecule has 15 heavy (non-hydrogen) atoms. The summed E-state index contributed by atoms with van der Waals surface area (Å²) in [5.41, 5.74) is 0.348. The summed E-state index contributed by atoms with van der Waals surface area (Å²) in [5, 5.41) is 5.63. The van der Waals surface area contributed by atoms with E-state index in [2.05, 4.69) is 29.8 Å². The second kappa shape index (κ2) is 5.10. The molecule has 1 aromatic rings. The highest BCUT2D eigenvalue weighted by atomic mass is 32.1. The molecule has 3 heteroatoms. The monoisotopic (exact) mass is 225 g/mol. The number of nitrogens with one attached hydrogen (secondary N) is 1. The van der Waals surface area contributed by atoms with Crippen LogP contribution in [0.5, 0.6) is 0 Å². The van der Waals surface area contributed by atoms with Crippen molar-refractivity contribution in [3.05, 3.63) is 22.4 Å². The molecule has 2 heterocycles. The molecule has 1 atom stereocenters. The molecular formula is C12H19NOS. The van der Waals surface area contributed by atoms with E-state index in [1.54, 1.807) is 0 Å². The van der Waals surface area contributed by atoms with Gasteiger partial charge in [0, 0.05) is 23.4 Å². The second-order valence-corrected chi connectivity index (χ2v) is 5.37.